The van der Waals surface area contributed by atoms with Crippen LogP contribution in [0.1, 0.15) is 42.4 Å². The molecular weight excluding hydrogens is 198 g/mol. The predicted molar refractivity (Wildman–Crippen MR) is 68.6 cm³/mol. The van der Waals surface area contributed by atoms with Crippen LogP contribution in [-0.4, -0.2) is 17.8 Å². The Labute approximate surface area is 98.5 Å². The van der Waals surface area contributed by atoms with E-state index in [2.05, 4.69) is 39.0 Å². The number of aliphatic hydroxyl groups is 1. The molecule has 0 radical (unpaired) electrons. The Kier molecular flexibility index (Phi) is 4.97. The lowest BCUT2D eigenvalue weighted by Crippen LogP contribution is -2.22. The van der Waals surface area contributed by atoms with Crippen molar-refractivity contribution in [2.45, 2.75) is 45.6 Å². The smallest absolute Gasteiger partial charge is 0.0668 e. The highest BCUT2D eigenvalue weighted by molar-refractivity contribution is 5.35. The minimum absolute atomic E-state index is 0.349. The highest BCUT2D eigenvalue weighted by atomic mass is 16.3. The van der Waals surface area contributed by atoms with Gasteiger partial charge in [0.15, 0.2) is 0 Å². The molecule has 0 aliphatic carbocycles. The molecule has 0 bridgehead atoms. The van der Waals surface area contributed by atoms with Crippen LogP contribution in [0.25, 0.3) is 0 Å². The molecule has 0 aliphatic heterocycles. The lowest BCUT2D eigenvalue weighted by molar-refractivity contribution is 0.162. The zero-order valence-corrected chi connectivity index (χ0v) is 10.5. The third-order valence-electron chi connectivity index (χ3n) is 3.41. The zero-order valence-electron chi connectivity index (χ0n) is 10.5. The summed E-state index contributed by atoms with van der Waals surface area (Å²) in [5.41, 5.74) is 9.49. The third-order valence-corrected chi connectivity index (χ3v) is 3.41. The standard InChI is InChI=1S/C14H23NO/c1-4-12(8-13(16)9-15)14-7-5-6-10(2)11(14)3/h5-7,12-13,16H,4,8-9,15H2,1-3H3. The minimum Gasteiger partial charge on any atom is -0.392 e. The molecule has 2 unspecified atom stereocenters. The maximum atomic E-state index is 9.66. The largest absolute Gasteiger partial charge is 0.392 e. The van der Waals surface area contributed by atoms with E-state index in [1.165, 1.54) is 16.7 Å². The summed E-state index contributed by atoms with van der Waals surface area (Å²) in [7, 11) is 0. The number of aliphatic hydroxyl groups excluding tert-OH is 1. The second kappa shape index (κ2) is 6.02. The summed E-state index contributed by atoms with van der Waals surface area (Å²) in [6, 6.07) is 6.39. The van der Waals surface area contributed by atoms with Crippen LogP contribution in [-0.2, 0) is 0 Å². The van der Waals surface area contributed by atoms with Gasteiger partial charge in [-0.05, 0) is 49.3 Å². The maximum Gasteiger partial charge on any atom is 0.0668 e. The highest BCUT2D eigenvalue weighted by Crippen LogP contribution is 2.28. The molecule has 16 heavy (non-hydrogen) atoms. The quantitative estimate of drug-likeness (QED) is 0.802. The van der Waals surface area contributed by atoms with Crippen molar-refractivity contribution in [1.82, 2.24) is 0 Å². The molecule has 0 saturated heterocycles. The van der Waals surface area contributed by atoms with Gasteiger partial charge in [-0.3, -0.25) is 0 Å². The lowest BCUT2D eigenvalue weighted by Gasteiger charge is -2.21. The van der Waals surface area contributed by atoms with Crippen LogP contribution in [0.5, 0.6) is 0 Å². The molecule has 1 aromatic carbocycles. The highest BCUT2D eigenvalue weighted by Gasteiger charge is 2.16. The van der Waals surface area contributed by atoms with E-state index in [1.807, 2.05) is 0 Å². The number of hydrogen-bond acceptors (Lipinski definition) is 2. The van der Waals surface area contributed by atoms with E-state index in [4.69, 9.17) is 5.73 Å². The summed E-state index contributed by atoms with van der Waals surface area (Å²) >= 11 is 0. The Morgan fingerprint density at radius 1 is 1.31 bits per heavy atom. The Morgan fingerprint density at radius 3 is 2.56 bits per heavy atom. The fraction of sp³-hybridized carbons (Fsp3) is 0.571. The van der Waals surface area contributed by atoms with Crippen LogP contribution >= 0.6 is 0 Å². The minimum atomic E-state index is -0.384. The van der Waals surface area contributed by atoms with E-state index < -0.39 is 0 Å². The van der Waals surface area contributed by atoms with Gasteiger partial charge in [0.2, 0.25) is 0 Å². The number of rotatable bonds is 5. The Bertz CT molecular complexity index is 336. The van der Waals surface area contributed by atoms with Crippen LogP contribution in [0, 0.1) is 13.8 Å². The van der Waals surface area contributed by atoms with Crippen molar-refractivity contribution < 1.29 is 5.11 Å². The second-order valence-electron chi connectivity index (χ2n) is 4.52. The van der Waals surface area contributed by atoms with Gasteiger partial charge in [-0.1, -0.05) is 25.1 Å². The summed E-state index contributed by atoms with van der Waals surface area (Å²) in [5, 5.41) is 9.66. The van der Waals surface area contributed by atoms with Gasteiger partial charge in [0, 0.05) is 6.54 Å². The van der Waals surface area contributed by atoms with E-state index in [9.17, 15) is 5.11 Å². The van der Waals surface area contributed by atoms with Gasteiger partial charge in [0.05, 0.1) is 6.10 Å². The molecule has 0 heterocycles. The monoisotopic (exact) mass is 221 g/mol. The normalized spacial score (nSPS) is 14.8. The van der Waals surface area contributed by atoms with Crippen molar-refractivity contribution >= 4 is 0 Å². The summed E-state index contributed by atoms with van der Waals surface area (Å²) in [4.78, 5) is 0. The van der Waals surface area contributed by atoms with E-state index in [-0.39, 0.29) is 6.10 Å². The number of nitrogens with two attached hydrogens (primary N) is 1. The van der Waals surface area contributed by atoms with Gasteiger partial charge in [-0.15, -0.1) is 0 Å². The summed E-state index contributed by atoms with van der Waals surface area (Å²) in [6.45, 7) is 6.80. The third kappa shape index (κ3) is 3.06. The van der Waals surface area contributed by atoms with Crippen LogP contribution in [0.15, 0.2) is 18.2 Å². The molecule has 0 aliphatic rings. The van der Waals surface area contributed by atoms with Gasteiger partial charge in [-0.2, -0.15) is 0 Å². The first kappa shape index (κ1) is 13.2. The van der Waals surface area contributed by atoms with Gasteiger partial charge < -0.3 is 10.8 Å². The molecule has 0 spiro atoms. The summed E-state index contributed by atoms with van der Waals surface area (Å²) < 4.78 is 0. The predicted octanol–water partition coefficient (Wildman–Crippen LogP) is 2.51. The molecule has 1 aromatic rings. The van der Waals surface area contributed by atoms with Gasteiger partial charge in [0.1, 0.15) is 0 Å². The van der Waals surface area contributed by atoms with E-state index in [0.29, 0.717) is 12.5 Å². The van der Waals surface area contributed by atoms with Crippen LogP contribution in [0.3, 0.4) is 0 Å². The van der Waals surface area contributed by atoms with Crippen LogP contribution < -0.4 is 5.73 Å². The van der Waals surface area contributed by atoms with Gasteiger partial charge in [0.25, 0.3) is 0 Å². The summed E-state index contributed by atoms with van der Waals surface area (Å²) in [5.74, 6) is 0.415. The van der Waals surface area contributed by atoms with Crippen molar-refractivity contribution in [2.75, 3.05) is 6.54 Å². The van der Waals surface area contributed by atoms with E-state index in [1.54, 1.807) is 0 Å². The topological polar surface area (TPSA) is 46.2 Å². The molecule has 2 atom stereocenters. The molecule has 90 valence electrons. The Hall–Kier alpha value is -0.860. The molecule has 0 aromatic heterocycles. The average Bonchev–Trinajstić information content (AvgIpc) is 2.29. The van der Waals surface area contributed by atoms with E-state index >= 15 is 0 Å². The number of benzene rings is 1. The lowest BCUT2D eigenvalue weighted by atomic mass is 9.86. The average molecular weight is 221 g/mol. The van der Waals surface area contributed by atoms with Crippen molar-refractivity contribution in [1.29, 1.82) is 0 Å². The Balaban J connectivity index is 2.90. The van der Waals surface area contributed by atoms with Crippen molar-refractivity contribution in [3.05, 3.63) is 34.9 Å². The van der Waals surface area contributed by atoms with Crippen molar-refractivity contribution in [3.63, 3.8) is 0 Å². The number of hydrogen-bond donors (Lipinski definition) is 2. The summed E-state index contributed by atoms with van der Waals surface area (Å²) in [6.07, 6.45) is 1.42. The number of aryl methyl sites for hydroxylation is 1. The second-order valence-corrected chi connectivity index (χ2v) is 4.52. The van der Waals surface area contributed by atoms with Crippen LogP contribution in [0.2, 0.25) is 0 Å². The fourth-order valence-corrected chi connectivity index (χ4v) is 2.15. The first-order chi connectivity index (χ1) is 7.60. The molecule has 3 N–H and O–H groups in total. The Morgan fingerprint density at radius 2 is 2.00 bits per heavy atom. The molecule has 1 rings (SSSR count). The molecule has 2 heteroatoms. The van der Waals surface area contributed by atoms with E-state index in [0.717, 1.165) is 12.8 Å². The molecular formula is C14H23NO. The molecule has 2 nitrogen and oxygen atoms in total. The SMILES string of the molecule is CCC(CC(O)CN)c1cccc(C)c1C. The fourth-order valence-electron chi connectivity index (χ4n) is 2.15. The molecule has 0 amide bonds. The van der Waals surface area contributed by atoms with Crippen molar-refractivity contribution in [3.8, 4) is 0 Å². The molecule has 0 fully saturated rings. The van der Waals surface area contributed by atoms with Gasteiger partial charge >= 0.3 is 0 Å². The first-order valence-electron chi connectivity index (χ1n) is 6.04. The zero-order chi connectivity index (χ0) is 12.1. The van der Waals surface area contributed by atoms with Gasteiger partial charge in [-0.25, -0.2) is 0 Å². The van der Waals surface area contributed by atoms with Crippen LogP contribution in [0.4, 0.5) is 0 Å². The van der Waals surface area contributed by atoms with Crippen molar-refractivity contribution in [2.24, 2.45) is 5.73 Å². The first-order valence-corrected chi connectivity index (χ1v) is 6.04. The molecule has 0 saturated carbocycles. The maximum absolute atomic E-state index is 9.66.